The average Bonchev–Trinajstić information content (AvgIpc) is 1.84. The zero-order chi connectivity index (χ0) is 8.04. The van der Waals surface area contributed by atoms with Crippen LogP contribution in [0.25, 0.3) is 0 Å². The van der Waals surface area contributed by atoms with Crippen LogP contribution in [0.4, 0.5) is 0 Å². The standard InChI is InChI=1S/C4H12O3PS2/c1-3-9-7-8(5,6)10-4-2/h5-6H,3-4H2,1-2H3/q+1. The van der Waals surface area contributed by atoms with Gasteiger partial charge >= 0.3 is 6.72 Å². The molecule has 10 heavy (non-hydrogen) atoms. The summed E-state index contributed by atoms with van der Waals surface area (Å²) in [6.45, 7) is 0.664. The molecule has 0 spiro atoms. The highest BCUT2D eigenvalue weighted by Gasteiger charge is 2.24. The molecule has 0 bridgehead atoms. The zero-order valence-electron chi connectivity index (χ0n) is 5.98. The molecule has 0 aliphatic heterocycles. The highest BCUT2D eigenvalue weighted by atomic mass is 32.5. The molecule has 0 rings (SSSR count). The van der Waals surface area contributed by atoms with Gasteiger partial charge in [0.15, 0.2) is 5.75 Å². The Morgan fingerprint density at radius 2 is 2.10 bits per heavy atom. The second-order valence-corrected chi connectivity index (χ2v) is 6.82. The molecule has 0 unspecified atom stereocenters. The van der Waals surface area contributed by atoms with Crippen molar-refractivity contribution in [1.82, 2.24) is 0 Å². The maximum atomic E-state index is 9.03. The van der Waals surface area contributed by atoms with Gasteiger partial charge in [0, 0.05) is 17.8 Å². The van der Waals surface area contributed by atoms with Crippen molar-refractivity contribution in [3.63, 3.8) is 0 Å². The Bertz CT molecular complexity index is 132. The SMILES string of the molecule is CCSOP(O)(O)=[S+]CC. The minimum atomic E-state index is -3.08. The Hall–Kier alpha value is 0.880. The van der Waals surface area contributed by atoms with E-state index in [0.717, 1.165) is 28.7 Å². The Balaban J connectivity index is 3.74. The topological polar surface area (TPSA) is 49.7 Å². The molecule has 0 saturated carbocycles. The summed E-state index contributed by atoms with van der Waals surface area (Å²) in [5.74, 6) is 1.39. The van der Waals surface area contributed by atoms with Crippen LogP contribution in [0.15, 0.2) is 0 Å². The molecule has 0 aliphatic carbocycles. The van der Waals surface area contributed by atoms with Gasteiger partial charge in [-0.2, -0.15) is 0 Å². The molecule has 0 fully saturated rings. The lowest BCUT2D eigenvalue weighted by Crippen LogP contribution is -1.83. The van der Waals surface area contributed by atoms with E-state index in [-0.39, 0.29) is 0 Å². The van der Waals surface area contributed by atoms with E-state index in [1.807, 2.05) is 13.8 Å². The van der Waals surface area contributed by atoms with Crippen LogP contribution in [0.1, 0.15) is 13.8 Å². The molecule has 0 aromatic rings. The first-order chi connectivity index (χ1) is 4.62. The van der Waals surface area contributed by atoms with E-state index in [2.05, 4.69) is 0 Å². The lowest BCUT2D eigenvalue weighted by atomic mass is 11.0. The highest BCUT2D eigenvalue weighted by Crippen LogP contribution is 2.43. The quantitative estimate of drug-likeness (QED) is 0.412. The van der Waals surface area contributed by atoms with E-state index in [9.17, 15) is 0 Å². The summed E-state index contributed by atoms with van der Waals surface area (Å²) in [5, 5.41) is 0. The van der Waals surface area contributed by atoms with Crippen molar-refractivity contribution >= 4 is 29.7 Å². The van der Waals surface area contributed by atoms with Crippen molar-refractivity contribution in [2.75, 3.05) is 11.5 Å². The lowest BCUT2D eigenvalue weighted by Gasteiger charge is -1.97. The molecule has 0 radical (unpaired) electrons. The van der Waals surface area contributed by atoms with Gasteiger partial charge in [-0.1, -0.05) is 6.92 Å². The van der Waals surface area contributed by atoms with E-state index < -0.39 is 6.72 Å². The van der Waals surface area contributed by atoms with Crippen molar-refractivity contribution in [3.8, 4) is 0 Å². The fraction of sp³-hybridized carbons (Fsp3) is 1.00. The minimum Gasteiger partial charge on any atom is -0.289 e. The Morgan fingerprint density at radius 3 is 2.50 bits per heavy atom. The van der Waals surface area contributed by atoms with E-state index in [4.69, 9.17) is 13.8 Å². The van der Waals surface area contributed by atoms with Crippen LogP contribution in [-0.4, -0.2) is 21.3 Å². The third-order valence-corrected chi connectivity index (χ3v) is 4.92. The van der Waals surface area contributed by atoms with Crippen LogP contribution in [0.2, 0.25) is 0 Å². The van der Waals surface area contributed by atoms with E-state index >= 15 is 0 Å². The smallest absolute Gasteiger partial charge is 0.289 e. The highest BCUT2D eigenvalue weighted by molar-refractivity contribution is 8.19. The molecule has 0 atom stereocenters. The van der Waals surface area contributed by atoms with Gasteiger partial charge in [0.25, 0.3) is 0 Å². The predicted molar refractivity (Wildman–Crippen MR) is 48.5 cm³/mol. The molecule has 0 amide bonds. The summed E-state index contributed by atoms with van der Waals surface area (Å²) in [5.41, 5.74) is 0. The van der Waals surface area contributed by atoms with Crippen LogP contribution >= 0.6 is 18.8 Å². The van der Waals surface area contributed by atoms with Gasteiger partial charge in [0.1, 0.15) is 0 Å². The van der Waals surface area contributed by atoms with Crippen molar-refractivity contribution in [3.05, 3.63) is 0 Å². The second-order valence-electron chi connectivity index (χ2n) is 1.39. The van der Waals surface area contributed by atoms with Crippen LogP contribution in [0.3, 0.4) is 0 Å². The van der Waals surface area contributed by atoms with Gasteiger partial charge in [-0.05, 0) is 6.92 Å². The van der Waals surface area contributed by atoms with Crippen molar-refractivity contribution in [2.24, 2.45) is 0 Å². The molecule has 0 saturated heterocycles. The molecule has 0 heterocycles. The van der Waals surface area contributed by atoms with Crippen LogP contribution in [0, 0.1) is 0 Å². The lowest BCUT2D eigenvalue weighted by molar-refractivity contribution is 0.392. The number of rotatable bonds is 4. The number of hydrogen-bond acceptors (Lipinski definition) is 2. The third kappa shape index (κ3) is 5.65. The predicted octanol–water partition coefficient (Wildman–Crippen LogP) is 1.44. The normalized spacial score (nSPS) is 11.6. The number of hydrogen-bond donors (Lipinski definition) is 2. The summed E-state index contributed by atoms with van der Waals surface area (Å²) in [7, 11) is 1.05. The van der Waals surface area contributed by atoms with Crippen LogP contribution < -0.4 is 0 Å². The second kappa shape index (κ2) is 5.52. The zero-order valence-corrected chi connectivity index (χ0v) is 8.51. The van der Waals surface area contributed by atoms with Crippen LogP contribution in [-0.2, 0) is 14.9 Å². The molecule has 2 N–H and O–H groups in total. The summed E-state index contributed by atoms with van der Waals surface area (Å²) in [6.07, 6.45) is 0. The Morgan fingerprint density at radius 1 is 1.50 bits per heavy atom. The Kier molecular flexibility index (Phi) is 6.01. The van der Waals surface area contributed by atoms with E-state index in [1.165, 1.54) is 0 Å². The van der Waals surface area contributed by atoms with Gasteiger partial charge in [0.05, 0.1) is 0 Å². The van der Waals surface area contributed by atoms with Crippen molar-refractivity contribution < 1.29 is 13.8 Å². The van der Waals surface area contributed by atoms with Gasteiger partial charge in [-0.25, -0.2) is 3.97 Å². The Labute approximate surface area is 69.2 Å². The summed E-state index contributed by atoms with van der Waals surface area (Å²) in [6, 6.07) is 0. The third-order valence-electron chi connectivity index (χ3n) is 0.565. The maximum Gasteiger partial charge on any atom is 0.529 e. The summed E-state index contributed by atoms with van der Waals surface area (Å²) < 4.78 is 4.72. The van der Waals surface area contributed by atoms with Gasteiger partial charge in [-0.15, -0.1) is 0 Å². The van der Waals surface area contributed by atoms with Crippen molar-refractivity contribution in [1.29, 1.82) is 0 Å². The average molecular weight is 203 g/mol. The fourth-order valence-corrected chi connectivity index (χ4v) is 3.57. The largest absolute Gasteiger partial charge is 0.529 e. The van der Waals surface area contributed by atoms with Gasteiger partial charge < -0.3 is 0 Å². The minimum absolute atomic E-state index is 0.658. The van der Waals surface area contributed by atoms with Gasteiger partial charge in [0.2, 0.25) is 10.9 Å². The van der Waals surface area contributed by atoms with E-state index in [1.54, 1.807) is 0 Å². The molecule has 62 valence electrons. The molecular formula is C4H12O3PS2+. The first-order valence-corrected chi connectivity index (χ1v) is 7.04. The first kappa shape index (κ1) is 10.9. The molecule has 0 aliphatic rings. The summed E-state index contributed by atoms with van der Waals surface area (Å²) >= 11 is 1.08. The monoisotopic (exact) mass is 203 g/mol. The van der Waals surface area contributed by atoms with E-state index in [0.29, 0.717) is 5.75 Å². The van der Waals surface area contributed by atoms with Gasteiger partial charge in [-0.3, -0.25) is 9.79 Å². The molecular weight excluding hydrogens is 191 g/mol. The molecule has 0 aromatic carbocycles. The fourth-order valence-electron chi connectivity index (χ4n) is 0.311. The summed E-state index contributed by atoms with van der Waals surface area (Å²) in [4.78, 5) is 18.1. The van der Waals surface area contributed by atoms with Crippen molar-refractivity contribution in [2.45, 2.75) is 13.8 Å². The first-order valence-electron chi connectivity index (χ1n) is 2.92. The molecule has 6 heteroatoms. The maximum absolute atomic E-state index is 9.03. The molecule has 0 aromatic heterocycles. The molecule has 3 nitrogen and oxygen atoms in total. The van der Waals surface area contributed by atoms with Crippen LogP contribution in [0.5, 0.6) is 0 Å².